The highest BCUT2D eigenvalue weighted by atomic mass is 32.2. The van der Waals surface area contributed by atoms with Crippen molar-refractivity contribution in [1.29, 1.82) is 0 Å². The average Bonchev–Trinajstić information content (AvgIpc) is 2.47. The molecule has 0 spiro atoms. The number of nitrogens with zero attached hydrogens (tertiary/aromatic N) is 1. The number of thiol groups is 1. The fourth-order valence-electron chi connectivity index (χ4n) is 1.39. The number of para-hydroxylation sites is 1. The van der Waals surface area contributed by atoms with Gasteiger partial charge in [0.25, 0.3) is 0 Å². The van der Waals surface area contributed by atoms with Crippen molar-refractivity contribution in [2.45, 2.75) is 24.0 Å². The number of benzene rings is 1. The van der Waals surface area contributed by atoms with E-state index in [2.05, 4.69) is 48.7 Å². The minimum atomic E-state index is -0.112. The van der Waals surface area contributed by atoms with Gasteiger partial charge in [0.2, 0.25) is 0 Å². The third-order valence-corrected chi connectivity index (χ3v) is 4.45. The number of hydrogen-bond acceptors (Lipinski definition) is 1. The lowest BCUT2D eigenvalue weighted by Crippen LogP contribution is -1.95. The summed E-state index contributed by atoms with van der Waals surface area (Å²) in [5, 5.41) is 0.715. The van der Waals surface area contributed by atoms with Gasteiger partial charge in [-0.15, -0.1) is 0 Å². The second-order valence-electron chi connectivity index (χ2n) is 3.23. The Labute approximate surface area is 75.9 Å². The Kier molecular flexibility index (Phi) is 1.93. The van der Waals surface area contributed by atoms with E-state index in [-0.39, 0.29) is 10.9 Å². The van der Waals surface area contributed by atoms with E-state index in [9.17, 15) is 0 Å². The molecule has 12 heavy (non-hydrogen) atoms. The van der Waals surface area contributed by atoms with Crippen LogP contribution in [0, 0.1) is 0 Å². The molecule has 1 aliphatic rings. The number of hydrogen-bond donors (Lipinski definition) is 1. The monoisotopic (exact) mass is 179 g/mol. The van der Waals surface area contributed by atoms with E-state index < -0.39 is 0 Å². The molecule has 1 heterocycles. The summed E-state index contributed by atoms with van der Waals surface area (Å²) >= 11 is 0. The number of rotatable bonds is 1. The second kappa shape index (κ2) is 2.94. The summed E-state index contributed by atoms with van der Waals surface area (Å²) in [5.74, 6) is 0. The van der Waals surface area contributed by atoms with Crippen LogP contribution in [0.25, 0.3) is 0 Å². The van der Waals surface area contributed by atoms with Crippen molar-refractivity contribution < 1.29 is 0 Å². The number of aliphatic imine (C=N–C) groups is 1. The van der Waals surface area contributed by atoms with Crippen molar-refractivity contribution in [2.75, 3.05) is 0 Å². The molecule has 64 valence electrons. The van der Waals surface area contributed by atoms with Gasteiger partial charge in [-0.1, -0.05) is 26.0 Å². The van der Waals surface area contributed by atoms with Gasteiger partial charge in [-0.3, -0.25) is 4.99 Å². The standard InChI is InChI=1S/C10H13NS/c1-8(2)12-7-11-9-5-3-4-6-10(9)12/h3-8,12H,1-2H3. The van der Waals surface area contributed by atoms with Gasteiger partial charge in [-0.05, 0) is 17.4 Å². The first-order valence-electron chi connectivity index (χ1n) is 4.20. The zero-order valence-electron chi connectivity index (χ0n) is 7.36. The van der Waals surface area contributed by atoms with E-state index in [0.29, 0.717) is 5.25 Å². The topological polar surface area (TPSA) is 12.4 Å². The zero-order valence-corrected chi connectivity index (χ0v) is 8.25. The van der Waals surface area contributed by atoms with Crippen LogP contribution in [-0.4, -0.2) is 10.8 Å². The summed E-state index contributed by atoms with van der Waals surface area (Å²) in [6.45, 7) is 4.53. The molecule has 1 aromatic carbocycles. The SMILES string of the molecule is CC(C)[SH]1C=Nc2ccccc21. The maximum absolute atomic E-state index is 4.41. The van der Waals surface area contributed by atoms with Crippen molar-refractivity contribution in [1.82, 2.24) is 0 Å². The summed E-state index contributed by atoms with van der Waals surface area (Å²) < 4.78 is 0. The smallest absolute Gasteiger partial charge is 0.0757 e. The van der Waals surface area contributed by atoms with Gasteiger partial charge in [0.15, 0.2) is 0 Å². The van der Waals surface area contributed by atoms with Crippen LogP contribution in [0.5, 0.6) is 0 Å². The molecule has 0 aliphatic carbocycles. The molecule has 1 unspecified atom stereocenters. The van der Waals surface area contributed by atoms with Crippen LogP contribution in [0.2, 0.25) is 0 Å². The van der Waals surface area contributed by atoms with E-state index in [0.717, 1.165) is 0 Å². The van der Waals surface area contributed by atoms with Gasteiger partial charge >= 0.3 is 0 Å². The largest absolute Gasteiger partial charge is 0.250 e. The predicted molar refractivity (Wildman–Crippen MR) is 57.0 cm³/mol. The first kappa shape index (κ1) is 7.87. The van der Waals surface area contributed by atoms with E-state index in [1.807, 2.05) is 0 Å². The van der Waals surface area contributed by atoms with Gasteiger partial charge in [0.1, 0.15) is 0 Å². The van der Waals surface area contributed by atoms with Gasteiger partial charge in [0.05, 0.1) is 5.69 Å². The van der Waals surface area contributed by atoms with Crippen LogP contribution in [0.1, 0.15) is 13.8 Å². The van der Waals surface area contributed by atoms with Crippen LogP contribution >= 0.6 is 10.9 Å². The highest BCUT2D eigenvalue weighted by molar-refractivity contribution is 8.29. The fraction of sp³-hybridized carbons (Fsp3) is 0.300. The van der Waals surface area contributed by atoms with Gasteiger partial charge in [0, 0.05) is 10.4 Å². The predicted octanol–water partition coefficient (Wildman–Crippen LogP) is 3.13. The third kappa shape index (κ3) is 1.16. The minimum Gasteiger partial charge on any atom is -0.250 e. The molecule has 0 bridgehead atoms. The molecule has 2 rings (SSSR count). The first-order chi connectivity index (χ1) is 5.79. The van der Waals surface area contributed by atoms with Crippen molar-refractivity contribution in [3.05, 3.63) is 24.3 Å². The normalized spacial score (nSPS) is 23.1. The lowest BCUT2D eigenvalue weighted by Gasteiger charge is -2.17. The van der Waals surface area contributed by atoms with E-state index in [4.69, 9.17) is 0 Å². The zero-order chi connectivity index (χ0) is 8.55. The summed E-state index contributed by atoms with van der Waals surface area (Å²) in [6.07, 6.45) is 0. The van der Waals surface area contributed by atoms with Crippen LogP contribution in [-0.2, 0) is 0 Å². The Morgan fingerprint density at radius 3 is 2.75 bits per heavy atom. The van der Waals surface area contributed by atoms with Crippen LogP contribution in [0.4, 0.5) is 5.69 Å². The molecule has 0 saturated carbocycles. The van der Waals surface area contributed by atoms with Gasteiger partial charge in [-0.25, -0.2) is 0 Å². The van der Waals surface area contributed by atoms with Gasteiger partial charge in [-0.2, -0.15) is 10.9 Å². The first-order valence-corrected chi connectivity index (χ1v) is 5.68. The van der Waals surface area contributed by atoms with Crippen LogP contribution < -0.4 is 0 Å². The molecular formula is C10H13NS. The Morgan fingerprint density at radius 2 is 2.00 bits per heavy atom. The lowest BCUT2D eigenvalue weighted by atomic mass is 10.3. The lowest BCUT2D eigenvalue weighted by molar-refractivity contribution is 1.11. The Morgan fingerprint density at radius 1 is 1.25 bits per heavy atom. The second-order valence-corrected chi connectivity index (χ2v) is 5.79. The molecule has 1 atom stereocenters. The molecule has 0 N–H and O–H groups in total. The Bertz CT molecular complexity index is 317. The summed E-state index contributed by atoms with van der Waals surface area (Å²) in [4.78, 5) is 5.85. The molecular weight excluding hydrogens is 166 g/mol. The summed E-state index contributed by atoms with van der Waals surface area (Å²) in [7, 11) is -0.112. The molecule has 1 aliphatic heterocycles. The van der Waals surface area contributed by atoms with E-state index >= 15 is 0 Å². The summed E-state index contributed by atoms with van der Waals surface area (Å²) in [6, 6.07) is 8.45. The van der Waals surface area contributed by atoms with Crippen molar-refractivity contribution in [3.63, 3.8) is 0 Å². The Hall–Kier alpha value is -0.760. The number of fused-ring (bicyclic) bond motifs is 1. The maximum Gasteiger partial charge on any atom is 0.0757 e. The molecule has 0 amide bonds. The average molecular weight is 179 g/mol. The molecule has 0 fully saturated rings. The van der Waals surface area contributed by atoms with Crippen molar-refractivity contribution in [2.24, 2.45) is 4.99 Å². The van der Waals surface area contributed by atoms with Gasteiger partial charge < -0.3 is 0 Å². The fourth-order valence-corrected chi connectivity index (χ4v) is 3.24. The third-order valence-electron chi connectivity index (χ3n) is 2.04. The molecule has 1 aromatic rings. The molecule has 0 saturated heterocycles. The Balaban J connectivity index is 2.42. The molecule has 2 heteroatoms. The summed E-state index contributed by atoms with van der Waals surface area (Å²) in [5.41, 5.74) is 3.31. The molecule has 0 aromatic heterocycles. The van der Waals surface area contributed by atoms with Crippen molar-refractivity contribution >= 4 is 22.1 Å². The highest BCUT2D eigenvalue weighted by Gasteiger charge is 2.16. The van der Waals surface area contributed by atoms with Crippen LogP contribution in [0.3, 0.4) is 0 Å². The molecule has 1 nitrogen and oxygen atoms in total. The van der Waals surface area contributed by atoms with E-state index in [1.54, 1.807) is 0 Å². The minimum absolute atomic E-state index is 0.112. The highest BCUT2D eigenvalue weighted by Crippen LogP contribution is 2.48. The van der Waals surface area contributed by atoms with Crippen molar-refractivity contribution in [3.8, 4) is 0 Å². The maximum atomic E-state index is 4.41. The quantitative estimate of drug-likeness (QED) is 0.636. The van der Waals surface area contributed by atoms with E-state index in [1.165, 1.54) is 10.6 Å². The molecule has 0 radical (unpaired) electrons. The van der Waals surface area contributed by atoms with Crippen LogP contribution in [0.15, 0.2) is 34.2 Å².